The zero-order valence-electron chi connectivity index (χ0n) is 5.43. The molecule has 0 saturated carbocycles. The Morgan fingerprint density at radius 2 is 2.20 bits per heavy atom. The fourth-order valence-electron chi connectivity index (χ4n) is 0.609. The van der Waals surface area contributed by atoms with Crippen molar-refractivity contribution in [2.24, 2.45) is 0 Å². The van der Waals surface area contributed by atoms with E-state index in [2.05, 4.69) is 9.97 Å². The standard InChI is InChI=1S/C6H6Cl2N2/c1-2-4-6(8)10-5(7)3-9-4/h3H,2H2,1H3. The minimum atomic E-state index is 0.335. The second kappa shape index (κ2) is 3.17. The van der Waals surface area contributed by atoms with E-state index in [0.717, 1.165) is 12.1 Å². The normalized spacial score (nSPS) is 9.90. The van der Waals surface area contributed by atoms with Crippen LogP contribution < -0.4 is 0 Å². The summed E-state index contributed by atoms with van der Waals surface area (Å²) in [7, 11) is 0. The predicted octanol–water partition coefficient (Wildman–Crippen LogP) is 2.35. The first-order valence-corrected chi connectivity index (χ1v) is 3.66. The maximum absolute atomic E-state index is 5.67. The smallest absolute Gasteiger partial charge is 0.152 e. The lowest BCUT2D eigenvalue weighted by Crippen LogP contribution is -1.90. The molecule has 10 heavy (non-hydrogen) atoms. The molecular formula is C6H6Cl2N2. The van der Waals surface area contributed by atoms with E-state index >= 15 is 0 Å². The number of hydrogen-bond donors (Lipinski definition) is 0. The first kappa shape index (κ1) is 7.76. The molecule has 54 valence electrons. The van der Waals surface area contributed by atoms with Gasteiger partial charge < -0.3 is 0 Å². The van der Waals surface area contributed by atoms with Crippen molar-refractivity contribution in [3.63, 3.8) is 0 Å². The molecule has 1 aromatic heterocycles. The monoisotopic (exact) mass is 176 g/mol. The molecule has 0 fully saturated rings. The van der Waals surface area contributed by atoms with Crippen molar-refractivity contribution in [3.05, 3.63) is 22.2 Å². The third kappa shape index (κ3) is 1.58. The SMILES string of the molecule is CCc1ncc(Cl)nc1Cl. The molecule has 0 saturated heterocycles. The van der Waals surface area contributed by atoms with Gasteiger partial charge in [0, 0.05) is 0 Å². The Hall–Kier alpha value is -0.340. The molecule has 0 atom stereocenters. The van der Waals surface area contributed by atoms with E-state index in [9.17, 15) is 0 Å². The molecule has 0 radical (unpaired) electrons. The van der Waals surface area contributed by atoms with Gasteiger partial charge in [0.25, 0.3) is 0 Å². The summed E-state index contributed by atoms with van der Waals surface area (Å²) >= 11 is 11.2. The highest BCUT2D eigenvalue weighted by Crippen LogP contribution is 2.13. The van der Waals surface area contributed by atoms with Gasteiger partial charge in [0.1, 0.15) is 5.15 Å². The van der Waals surface area contributed by atoms with E-state index in [1.807, 2.05) is 6.92 Å². The molecule has 0 aliphatic carbocycles. The highest BCUT2D eigenvalue weighted by Gasteiger charge is 2.00. The van der Waals surface area contributed by atoms with E-state index in [4.69, 9.17) is 23.2 Å². The molecule has 0 aromatic carbocycles. The second-order valence-electron chi connectivity index (χ2n) is 1.78. The van der Waals surface area contributed by atoms with E-state index in [0.29, 0.717) is 10.3 Å². The first-order chi connectivity index (χ1) is 4.74. The Kier molecular flexibility index (Phi) is 2.46. The zero-order chi connectivity index (χ0) is 7.56. The number of hydrogen-bond acceptors (Lipinski definition) is 2. The maximum Gasteiger partial charge on any atom is 0.152 e. The average molecular weight is 177 g/mol. The Labute approximate surface area is 69.2 Å². The number of rotatable bonds is 1. The van der Waals surface area contributed by atoms with Crippen LogP contribution in [0.15, 0.2) is 6.20 Å². The Morgan fingerprint density at radius 1 is 1.50 bits per heavy atom. The molecule has 0 N–H and O–H groups in total. The highest BCUT2D eigenvalue weighted by atomic mass is 35.5. The van der Waals surface area contributed by atoms with Crippen LogP contribution in [0, 0.1) is 0 Å². The van der Waals surface area contributed by atoms with Gasteiger partial charge in [-0.2, -0.15) is 0 Å². The van der Waals surface area contributed by atoms with Gasteiger partial charge in [0.15, 0.2) is 5.15 Å². The van der Waals surface area contributed by atoms with E-state index in [-0.39, 0.29) is 0 Å². The molecule has 0 aliphatic heterocycles. The minimum absolute atomic E-state index is 0.335. The van der Waals surface area contributed by atoms with Gasteiger partial charge in [0.05, 0.1) is 11.9 Å². The van der Waals surface area contributed by atoms with Gasteiger partial charge in [-0.25, -0.2) is 4.98 Å². The van der Waals surface area contributed by atoms with Crippen molar-refractivity contribution in [1.82, 2.24) is 9.97 Å². The largest absolute Gasteiger partial charge is 0.255 e. The molecule has 0 aliphatic rings. The summed E-state index contributed by atoms with van der Waals surface area (Å²) in [6.07, 6.45) is 2.27. The number of aryl methyl sites for hydroxylation is 1. The van der Waals surface area contributed by atoms with Gasteiger partial charge in [-0.05, 0) is 6.42 Å². The van der Waals surface area contributed by atoms with Crippen molar-refractivity contribution in [1.29, 1.82) is 0 Å². The summed E-state index contributed by atoms with van der Waals surface area (Å²) in [4.78, 5) is 7.78. The molecule has 4 heteroatoms. The van der Waals surface area contributed by atoms with Gasteiger partial charge in [-0.3, -0.25) is 4.98 Å². The van der Waals surface area contributed by atoms with Crippen LogP contribution in [0.5, 0.6) is 0 Å². The molecule has 0 amide bonds. The third-order valence-electron chi connectivity index (χ3n) is 1.10. The fraction of sp³-hybridized carbons (Fsp3) is 0.333. The van der Waals surface area contributed by atoms with Crippen molar-refractivity contribution < 1.29 is 0 Å². The van der Waals surface area contributed by atoms with Crippen LogP contribution in [-0.4, -0.2) is 9.97 Å². The molecule has 1 rings (SSSR count). The second-order valence-corrected chi connectivity index (χ2v) is 2.53. The summed E-state index contributed by atoms with van der Waals surface area (Å²) in [5, 5.41) is 0.734. The highest BCUT2D eigenvalue weighted by molar-refractivity contribution is 6.32. The van der Waals surface area contributed by atoms with Crippen LogP contribution in [0.4, 0.5) is 0 Å². The van der Waals surface area contributed by atoms with E-state index in [1.54, 1.807) is 0 Å². The molecule has 2 nitrogen and oxygen atoms in total. The van der Waals surface area contributed by atoms with E-state index < -0.39 is 0 Å². The lowest BCUT2D eigenvalue weighted by atomic mass is 10.4. The molecule has 1 heterocycles. The summed E-state index contributed by atoms with van der Waals surface area (Å²) in [5.41, 5.74) is 0.783. The number of halogens is 2. The van der Waals surface area contributed by atoms with E-state index in [1.165, 1.54) is 6.20 Å². The zero-order valence-corrected chi connectivity index (χ0v) is 6.95. The predicted molar refractivity (Wildman–Crippen MR) is 41.4 cm³/mol. The lowest BCUT2D eigenvalue weighted by molar-refractivity contribution is 1.00. The Morgan fingerprint density at radius 3 is 2.70 bits per heavy atom. The minimum Gasteiger partial charge on any atom is -0.255 e. The Balaban J connectivity index is 3.07. The number of nitrogens with zero attached hydrogens (tertiary/aromatic N) is 2. The average Bonchev–Trinajstić information content (AvgIpc) is 1.88. The molecule has 0 spiro atoms. The molecule has 1 aromatic rings. The van der Waals surface area contributed by atoms with Gasteiger partial charge in [-0.1, -0.05) is 30.1 Å². The van der Waals surface area contributed by atoms with Crippen LogP contribution >= 0.6 is 23.2 Å². The summed E-state index contributed by atoms with van der Waals surface area (Å²) in [6, 6.07) is 0. The van der Waals surface area contributed by atoms with Crippen LogP contribution in [-0.2, 0) is 6.42 Å². The molecule has 0 unspecified atom stereocenters. The Bertz CT molecular complexity index is 237. The summed E-state index contributed by atoms with van der Waals surface area (Å²) in [6.45, 7) is 1.96. The van der Waals surface area contributed by atoms with Crippen molar-refractivity contribution in [2.45, 2.75) is 13.3 Å². The van der Waals surface area contributed by atoms with Crippen molar-refractivity contribution in [2.75, 3.05) is 0 Å². The van der Waals surface area contributed by atoms with Crippen LogP contribution in [0.2, 0.25) is 10.3 Å². The third-order valence-corrected chi connectivity index (χ3v) is 1.59. The maximum atomic E-state index is 5.67. The fourth-order valence-corrected chi connectivity index (χ4v) is 1.06. The lowest BCUT2D eigenvalue weighted by Gasteiger charge is -1.96. The molecule has 0 bridgehead atoms. The number of aromatic nitrogens is 2. The van der Waals surface area contributed by atoms with Gasteiger partial charge in [-0.15, -0.1) is 0 Å². The van der Waals surface area contributed by atoms with Crippen molar-refractivity contribution in [3.8, 4) is 0 Å². The topological polar surface area (TPSA) is 25.8 Å². The van der Waals surface area contributed by atoms with Crippen LogP contribution in [0.25, 0.3) is 0 Å². The first-order valence-electron chi connectivity index (χ1n) is 2.91. The summed E-state index contributed by atoms with van der Waals surface area (Å²) in [5.74, 6) is 0. The molecular weight excluding hydrogens is 171 g/mol. The van der Waals surface area contributed by atoms with Gasteiger partial charge >= 0.3 is 0 Å². The van der Waals surface area contributed by atoms with Gasteiger partial charge in [0.2, 0.25) is 0 Å². The van der Waals surface area contributed by atoms with Crippen LogP contribution in [0.3, 0.4) is 0 Å². The summed E-state index contributed by atoms with van der Waals surface area (Å²) < 4.78 is 0. The van der Waals surface area contributed by atoms with Crippen molar-refractivity contribution >= 4 is 23.2 Å². The van der Waals surface area contributed by atoms with Crippen LogP contribution in [0.1, 0.15) is 12.6 Å². The quantitative estimate of drug-likeness (QED) is 0.657.